The number of amides is 2. The summed E-state index contributed by atoms with van der Waals surface area (Å²) >= 11 is 1.32. The van der Waals surface area contributed by atoms with Crippen LogP contribution in [0, 0.1) is 6.92 Å². The number of carbonyl (C=O) groups is 2. The van der Waals surface area contributed by atoms with E-state index in [1.807, 2.05) is 55.5 Å². The average Bonchev–Trinajstić information content (AvgIpc) is 3.09. The Bertz CT molecular complexity index is 914. The summed E-state index contributed by atoms with van der Waals surface area (Å²) in [5, 5.41) is 8.26. The lowest BCUT2D eigenvalue weighted by atomic mass is 10.2. The van der Waals surface area contributed by atoms with Gasteiger partial charge in [0.1, 0.15) is 30.1 Å². The third-order valence-corrected chi connectivity index (χ3v) is 5.13. The van der Waals surface area contributed by atoms with Crippen LogP contribution < -0.4 is 14.8 Å². The molecule has 1 heterocycles. The van der Waals surface area contributed by atoms with E-state index >= 15 is 0 Å². The number of nitrogens with one attached hydrogen (secondary N) is 1. The number of rotatable bonds is 6. The lowest BCUT2D eigenvalue weighted by Crippen LogP contribution is -2.25. The van der Waals surface area contributed by atoms with E-state index in [0.717, 1.165) is 16.9 Å². The molecular weight excluding hydrogens is 390 g/mol. The number of hydrogen-bond donors (Lipinski definition) is 1. The van der Waals surface area contributed by atoms with E-state index < -0.39 is 0 Å². The van der Waals surface area contributed by atoms with Gasteiger partial charge < -0.3 is 14.8 Å². The lowest BCUT2D eigenvalue weighted by molar-refractivity contribution is -0.129. The summed E-state index contributed by atoms with van der Waals surface area (Å²) in [6, 6.07) is 15.3. The van der Waals surface area contributed by atoms with Crippen molar-refractivity contribution in [2.75, 3.05) is 13.2 Å². The largest absolute Gasteiger partial charge is 0.490 e. The molecule has 0 fully saturated rings. The van der Waals surface area contributed by atoms with Crippen LogP contribution in [0.1, 0.15) is 30.3 Å². The summed E-state index contributed by atoms with van der Waals surface area (Å²) in [6.45, 7) is 5.73. The molecule has 152 valence electrons. The Morgan fingerprint density at radius 3 is 2.38 bits per heavy atom. The monoisotopic (exact) mass is 413 g/mol. The van der Waals surface area contributed by atoms with Crippen LogP contribution in [0.5, 0.6) is 11.5 Å². The highest BCUT2D eigenvalue weighted by Gasteiger charge is 2.32. The Labute approximate surface area is 174 Å². The van der Waals surface area contributed by atoms with Crippen molar-refractivity contribution in [3.05, 3.63) is 59.7 Å². The summed E-state index contributed by atoms with van der Waals surface area (Å²) in [5.41, 5.74) is 2.03. The minimum absolute atomic E-state index is 0.198. The number of benzene rings is 2. The fourth-order valence-corrected chi connectivity index (χ4v) is 3.87. The number of amidine groups is 1. The van der Waals surface area contributed by atoms with Gasteiger partial charge in [-0.3, -0.25) is 9.59 Å². The molecule has 1 aliphatic heterocycles. The minimum Gasteiger partial charge on any atom is -0.490 e. The molecule has 0 spiro atoms. The van der Waals surface area contributed by atoms with Crippen molar-refractivity contribution in [3.63, 3.8) is 0 Å². The molecule has 0 bridgehead atoms. The summed E-state index contributed by atoms with van der Waals surface area (Å²) in [7, 11) is 0. The Balaban J connectivity index is 1.54. The van der Waals surface area contributed by atoms with Gasteiger partial charge in [0.25, 0.3) is 0 Å². The molecule has 0 radical (unpaired) electrons. The maximum atomic E-state index is 11.9. The number of hydrazone groups is 1. The van der Waals surface area contributed by atoms with Gasteiger partial charge >= 0.3 is 0 Å². The van der Waals surface area contributed by atoms with E-state index in [1.54, 1.807) is 0 Å². The number of hydrogen-bond acceptors (Lipinski definition) is 6. The molecule has 0 unspecified atom stereocenters. The third kappa shape index (κ3) is 5.74. The molecule has 0 saturated carbocycles. The van der Waals surface area contributed by atoms with Gasteiger partial charge in [0.2, 0.25) is 11.8 Å². The molecule has 0 aromatic heterocycles. The predicted octanol–water partition coefficient (Wildman–Crippen LogP) is 3.45. The zero-order valence-corrected chi connectivity index (χ0v) is 17.4. The SMILES string of the molecule is CC(=O)NC1=NN(C(C)=O)[C@@H](c2ccc(OCCOc3cccc(C)c3)cc2)S1. The second kappa shape index (κ2) is 9.47. The molecular formula is C21H23N3O4S. The molecule has 8 heteroatoms. The van der Waals surface area contributed by atoms with Gasteiger partial charge in [-0.15, -0.1) is 5.10 Å². The van der Waals surface area contributed by atoms with Crippen molar-refractivity contribution < 1.29 is 19.1 Å². The topological polar surface area (TPSA) is 80.2 Å². The second-order valence-electron chi connectivity index (χ2n) is 6.50. The highest BCUT2D eigenvalue weighted by Crippen LogP contribution is 2.39. The van der Waals surface area contributed by atoms with Crippen LogP contribution in [0.3, 0.4) is 0 Å². The number of aryl methyl sites for hydroxylation is 1. The molecule has 2 aromatic rings. The van der Waals surface area contributed by atoms with Gasteiger partial charge in [-0.2, -0.15) is 0 Å². The number of ether oxygens (including phenoxy) is 2. The third-order valence-electron chi connectivity index (χ3n) is 4.03. The minimum atomic E-state index is -0.326. The highest BCUT2D eigenvalue weighted by atomic mass is 32.2. The van der Waals surface area contributed by atoms with Crippen molar-refractivity contribution in [1.82, 2.24) is 10.3 Å². The van der Waals surface area contributed by atoms with Crippen LogP contribution >= 0.6 is 11.8 Å². The molecule has 2 aromatic carbocycles. The first-order chi connectivity index (χ1) is 13.9. The van der Waals surface area contributed by atoms with E-state index in [4.69, 9.17) is 9.47 Å². The number of thioether (sulfide) groups is 1. The van der Waals surface area contributed by atoms with Gasteiger partial charge in [0.15, 0.2) is 5.17 Å². The van der Waals surface area contributed by atoms with E-state index in [-0.39, 0.29) is 17.2 Å². The highest BCUT2D eigenvalue weighted by molar-refractivity contribution is 8.14. The van der Waals surface area contributed by atoms with E-state index in [2.05, 4.69) is 10.4 Å². The summed E-state index contributed by atoms with van der Waals surface area (Å²) in [5.74, 6) is 1.11. The molecule has 7 nitrogen and oxygen atoms in total. The maximum absolute atomic E-state index is 11.9. The van der Waals surface area contributed by atoms with Crippen molar-refractivity contribution in [1.29, 1.82) is 0 Å². The van der Waals surface area contributed by atoms with Crippen LogP contribution in [0.2, 0.25) is 0 Å². The van der Waals surface area contributed by atoms with Crippen molar-refractivity contribution in [3.8, 4) is 11.5 Å². The molecule has 1 aliphatic rings. The zero-order valence-electron chi connectivity index (χ0n) is 16.5. The summed E-state index contributed by atoms with van der Waals surface area (Å²) in [6.07, 6.45) is 0. The van der Waals surface area contributed by atoms with Gasteiger partial charge in [0, 0.05) is 13.8 Å². The van der Waals surface area contributed by atoms with E-state index in [0.29, 0.717) is 24.1 Å². The van der Waals surface area contributed by atoms with E-state index in [9.17, 15) is 9.59 Å². The van der Waals surface area contributed by atoms with Crippen LogP contribution in [-0.4, -0.2) is 35.2 Å². The fraction of sp³-hybridized carbons (Fsp3) is 0.286. The normalized spacial score (nSPS) is 15.6. The van der Waals surface area contributed by atoms with Crippen molar-refractivity contribution >= 4 is 28.7 Å². The van der Waals surface area contributed by atoms with Gasteiger partial charge in [0.05, 0.1) is 0 Å². The average molecular weight is 413 g/mol. The fourth-order valence-electron chi connectivity index (χ4n) is 2.73. The summed E-state index contributed by atoms with van der Waals surface area (Å²) in [4.78, 5) is 23.2. The maximum Gasteiger partial charge on any atom is 0.241 e. The van der Waals surface area contributed by atoms with Gasteiger partial charge in [-0.05, 0) is 42.3 Å². The molecule has 29 heavy (non-hydrogen) atoms. The first kappa shape index (κ1) is 20.7. The lowest BCUT2D eigenvalue weighted by Gasteiger charge is -2.19. The number of nitrogens with zero attached hydrogens (tertiary/aromatic N) is 2. The Hall–Kier alpha value is -3.00. The quantitative estimate of drug-likeness (QED) is 0.734. The predicted molar refractivity (Wildman–Crippen MR) is 113 cm³/mol. The molecule has 0 saturated heterocycles. The first-order valence-electron chi connectivity index (χ1n) is 9.17. The number of carbonyl (C=O) groups excluding carboxylic acids is 2. The Morgan fingerprint density at radius 1 is 1.07 bits per heavy atom. The van der Waals surface area contributed by atoms with Gasteiger partial charge in [-0.1, -0.05) is 36.0 Å². The Morgan fingerprint density at radius 2 is 1.76 bits per heavy atom. The van der Waals surface area contributed by atoms with Gasteiger partial charge in [-0.25, -0.2) is 5.01 Å². The molecule has 0 aliphatic carbocycles. The smallest absolute Gasteiger partial charge is 0.241 e. The van der Waals surface area contributed by atoms with Crippen LogP contribution in [0.4, 0.5) is 0 Å². The summed E-state index contributed by atoms with van der Waals surface area (Å²) < 4.78 is 11.4. The second-order valence-corrected chi connectivity index (χ2v) is 7.57. The standard InChI is InChI=1S/C21H23N3O4S/c1-14-5-4-6-19(13-14)28-12-11-27-18-9-7-17(8-10-18)20-24(16(3)26)23-21(29-20)22-15(2)25/h4-10,13,20H,11-12H2,1-3H3,(H,22,23,25)/t20-/m1/s1. The molecule has 1 N–H and O–H groups in total. The molecule has 2 amide bonds. The van der Waals surface area contributed by atoms with Crippen LogP contribution in [0.15, 0.2) is 53.6 Å². The Kier molecular flexibility index (Phi) is 6.77. The van der Waals surface area contributed by atoms with E-state index in [1.165, 1.54) is 30.6 Å². The van der Waals surface area contributed by atoms with Crippen LogP contribution in [0.25, 0.3) is 0 Å². The van der Waals surface area contributed by atoms with Crippen molar-refractivity contribution in [2.45, 2.75) is 26.1 Å². The molecule has 1 atom stereocenters. The zero-order chi connectivity index (χ0) is 20.8. The molecule has 3 rings (SSSR count). The van der Waals surface area contributed by atoms with Crippen LogP contribution in [-0.2, 0) is 9.59 Å². The first-order valence-corrected chi connectivity index (χ1v) is 10.1. The van der Waals surface area contributed by atoms with Crippen molar-refractivity contribution in [2.24, 2.45) is 5.10 Å².